The van der Waals surface area contributed by atoms with Crippen molar-refractivity contribution in [3.05, 3.63) is 40.1 Å². The van der Waals surface area contributed by atoms with Crippen LogP contribution in [0.4, 0.5) is 0 Å². The topological polar surface area (TPSA) is 67.5 Å². The van der Waals surface area contributed by atoms with Gasteiger partial charge in [-0.2, -0.15) is 0 Å². The summed E-state index contributed by atoms with van der Waals surface area (Å²) in [7, 11) is 0. The number of hydrogen-bond acceptors (Lipinski definition) is 5. The van der Waals surface area contributed by atoms with Gasteiger partial charge in [0.1, 0.15) is 5.69 Å². The van der Waals surface area contributed by atoms with Crippen molar-refractivity contribution in [2.75, 3.05) is 19.8 Å². The summed E-state index contributed by atoms with van der Waals surface area (Å²) in [5.41, 5.74) is 1.57. The van der Waals surface area contributed by atoms with Crippen molar-refractivity contribution in [3.8, 4) is 0 Å². The van der Waals surface area contributed by atoms with Crippen LogP contribution < -0.4 is 0 Å². The number of nitrogens with one attached hydrogen (secondary N) is 1. The largest absolute Gasteiger partial charge is 0.379 e. The Bertz CT molecular complexity index is 685. The second-order valence-corrected chi connectivity index (χ2v) is 7.08. The molecule has 7 heteroatoms. The number of aromatic amines is 1. The number of amides is 1. The Balaban J connectivity index is 1.45. The van der Waals surface area contributed by atoms with Crippen LogP contribution in [0.25, 0.3) is 0 Å². The van der Waals surface area contributed by atoms with Crippen LogP contribution in [0.1, 0.15) is 21.2 Å². The molecule has 0 unspecified atom stereocenters. The van der Waals surface area contributed by atoms with Crippen molar-refractivity contribution >= 4 is 17.2 Å². The third-order valence-corrected chi connectivity index (χ3v) is 5.37. The van der Waals surface area contributed by atoms with E-state index in [1.54, 1.807) is 23.6 Å². The minimum atomic E-state index is 0.00317. The van der Waals surface area contributed by atoms with Crippen LogP contribution >= 0.6 is 11.3 Å². The maximum Gasteiger partial charge on any atom is 0.270 e. The first-order chi connectivity index (χ1) is 11.2. The Labute approximate surface area is 138 Å². The van der Waals surface area contributed by atoms with E-state index in [1.807, 2.05) is 23.3 Å². The number of thiazole rings is 1. The molecule has 0 radical (unpaired) electrons. The molecule has 2 saturated heterocycles. The average Bonchev–Trinajstić information content (AvgIpc) is 3.30. The van der Waals surface area contributed by atoms with E-state index in [-0.39, 0.29) is 24.0 Å². The van der Waals surface area contributed by atoms with Crippen molar-refractivity contribution in [1.82, 2.24) is 14.9 Å². The van der Waals surface area contributed by atoms with Gasteiger partial charge in [0.05, 0.1) is 42.7 Å². The number of carbonyl (C=O) groups excluding carboxylic acids is 1. The van der Waals surface area contributed by atoms with Crippen LogP contribution in [-0.2, 0) is 16.1 Å². The SMILES string of the molecule is Cc1nc(CO[C@H]2CN(C(=O)c3ccc[nH]3)[C@@H]3COC[C@H]23)cs1. The van der Waals surface area contributed by atoms with Gasteiger partial charge in [-0.15, -0.1) is 11.3 Å². The lowest BCUT2D eigenvalue weighted by atomic mass is 10.0. The number of fused-ring (bicyclic) bond motifs is 1. The molecule has 6 nitrogen and oxygen atoms in total. The number of rotatable bonds is 4. The first-order valence-electron chi connectivity index (χ1n) is 7.77. The summed E-state index contributed by atoms with van der Waals surface area (Å²) in [4.78, 5) is 22.0. The third kappa shape index (κ3) is 2.80. The van der Waals surface area contributed by atoms with Gasteiger partial charge in [0.25, 0.3) is 5.91 Å². The van der Waals surface area contributed by atoms with Gasteiger partial charge in [-0.05, 0) is 19.1 Å². The molecule has 4 heterocycles. The highest BCUT2D eigenvalue weighted by atomic mass is 32.1. The normalized spacial score (nSPS) is 26.7. The van der Waals surface area contributed by atoms with Gasteiger partial charge < -0.3 is 19.4 Å². The fourth-order valence-corrected chi connectivity index (χ4v) is 3.99. The molecule has 1 N–H and O–H groups in total. The first-order valence-corrected chi connectivity index (χ1v) is 8.65. The van der Waals surface area contributed by atoms with E-state index in [0.717, 1.165) is 10.7 Å². The van der Waals surface area contributed by atoms with Crippen molar-refractivity contribution in [2.24, 2.45) is 5.92 Å². The number of aromatic nitrogens is 2. The summed E-state index contributed by atoms with van der Waals surface area (Å²) >= 11 is 1.63. The van der Waals surface area contributed by atoms with Crippen molar-refractivity contribution in [2.45, 2.75) is 25.7 Å². The lowest BCUT2D eigenvalue weighted by Gasteiger charge is -2.21. The van der Waals surface area contributed by atoms with Crippen LogP contribution in [0.3, 0.4) is 0 Å². The number of likely N-dealkylation sites (tertiary alicyclic amines) is 1. The summed E-state index contributed by atoms with van der Waals surface area (Å²) in [6, 6.07) is 3.75. The molecule has 0 spiro atoms. The van der Waals surface area contributed by atoms with Gasteiger partial charge in [-0.3, -0.25) is 4.79 Å². The van der Waals surface area contributed by atoms with Gasteiger partial charge in [-0.1, -0.05) is 0 Å². The van der Waals surface area contributed by atoms with Crippen molar-refractivity contribution in [1.29, 1.82) is 0 Å². The molecular formula is C16H19N3O3S. The van der Waals surface area contributed by atoms with Crippen LogP contribution in [0.5, 0.6) is 0 Å². The summed E-state index contributed by atoms with van der Waals surface area (Å²) < 4.78 is 11.7. The lowest BCUT2D eigenvalue weighted by molar-refractivity contribution is 0.00812. The number of nitrogens with zero attached hydrogens (tertiary/aromatic N) is 2. The molecule has 4 rings (SSSR count). The van der Waals surface area contributed by atoms with Crippen LogP contribution in [0, 0.1) is 12.8 Å². The van der Waals surface area contributed by atoms with Crippen LogP contribution in [-0.4, -0.2) is 52.7 Å². The predicted molar refractivity (Wildman–Crippen MR) is 85.4 cm³/mol. The first kappa shape index (κ1) is 14.9. The highest BCUT2D eigenvalue weighted by Crippen LogP contribution is 2.33. The van der Waals surface area contributed by atoms with E-state index in [4.69, 9.17) is 9.47 Å². The molecule has 2 aromatic heterocycles. The zero-order valence-corrected chi connectivity index (χ0v) is 13.7. The number of carbonyl (C=O) groups is 1. The minimum Gasteiger partial charge on any atom is -0.379 e. The molecule has 2 aromatic rings. The van der Waals surface area contributed by atoms with Crippen LogP contribution in [0.15, 0.2) is 23.7 Å². The second-order valence-electron chi connectivity index (χ2n) is 6.02. The molecule has 0 aliphatic carbocycles. The Hall–Kier alpha value is -1.70. The zero-order chi connectivity index (χ0) is 15.8. The van der Waals surface area contributed by atoms with Gasteiger partial charge in [0.15, 0.2) is 0 Å². The van der Waals surface area contributed by atoms with E-state index in [0.29, 0.717) is 32.1 Å². The number of aryl methyl sites for hydroxylation is 1. The zero-order valence-electron chi connectivity index (χ0n) is 12.9. The monoisotopic (exact) mass is 333 g/mol. The standard InChI is InChI=1S/C16H19N3O3S/c1-10-18-11(9-23-10)6-22-15-5-19(14-8-21-7-12(14)15)16(20)13-3-2-4-17-13/h2-4,9,12,14-15,17H,5-8H2,1H3/t12-,14+,15-/m0/s1. The Morgan fingerprint density at radius 3 is 3.22 bits per heavy atom. The third-order valence-electron chi connectivity index (χ3n) is 4.55. The van der Waals surface area contributed by atoms with E-state index in [9.17, 15) is 4.79 Å². The molecule has 2 fully saturated rings. The van der Waals surface area contributed by atoms with Gasteiger partial charge >= 0.3 is 0 Å². The molecule has 0 saturated carbocycles. The highest BCUT2D eigenvalue weighted by Gasteiger charge is 2.48. The van der Waals surface area contributed by atoms with E-state index < -0.39 is 0 Å². The maximum atomic E-state index is 12.6. The summed E-state index contributed by atoms with van der Waals surface area (Å²) in [5.74, 6) is 0.264. The Kier molecular flexibility index (Phi) is 3.92. The average molecular weight is 333 g/mol. The molecule has 1 amide bonds. The van der Waals surface area contributed by atoms with Crippen LogP contribution in [0.2, 0.25) is 0 Å². The van der Waals surface area contributed by atoms with Gasteiger partial charge in [0.2, 0.25) is 0 Å². The summed E-state index contributed by atoms with van der Waals surface area (Å²) in [6.45, 7) is 4.33. The molecule has 122 valence electrons. The lowest BCUT2D eigenvalue weighted by Crippen LogP contribution is -2.38. The Morgan fingerprint density at radius 2 is 2.48 bits per heavy atom. The van der Waals surface area contributed by atoms with E-state index in [1.165, 1.54) is 0 Å². The van der Waals surface area contributed by atoms with Crippen molar-refractivity contribution in [3.63, 3.8) is 0 Å². The van der Waals surface area contributed by atoms with Gasteiger partial charge in [-0.25, -0.2) is 4.98 Å². The smallest absolute Gasteiger partial charge is 0.270 e. The number of hydrogen-bond donors (Lipinski definition) is 1. The summed E-state index contributed by atoms with van der Waals surface area (Å²) in [6.07, 6.45) is 1.77. The second kappa shape index (κ2) is 6.07. The fourth-order valence-electron chi connectivity index (χ4n) is 3.40. The molecule has 0 bridgehead atoms. The highest BCUT2D eigenvalue weighted by molar-refractivity contribution is 7.09. The fraction of sp³-hybridized carbons (Fsp3) is 0.500. The van der Waals surface area contributed by atoms with Gasteiger partial charge in [0, 0.05) is 24.0 Å². The molecule has 2 aliphatic heterocycles. The number of ether oxygens (including phenoxy) is 2. The number of H-pyrrole nitrogens is 1. The molecule has 23 heavy (non-hydrogen) atoms. The molecular weight excluding hydrogens is 314 g/mol. The molecule has 2 aliphatic rings. The quantitative estimate of drug-likeness (QED) is 0.927. The predicted octanol–water partition coefficient (Wildman–Crippen LogP) is 1.84. The molecule has 3 atom stereocenters. The summed E-state index contributed by atoms with van der Waals surface area (Å²) in [5, 5.41) is 3.06. The van der Waals surface area contributed by atoms with Crippen molar-refractivity contribution < 1.29 is 14.3 Å². The van der Waals surface area contributed by atoms with E-state index >= 15 is 0 Å². The minimum absolute atomic E-state index is 0.00317. The van der Waals surface area contributed by atoms with E-state index in [2.05, 4.69) is 9.97 Å². The maximum absolute atomic E-state index is 12.6. The Morgan fingerprint density at radius 1 is 1.57 bits per heavy atom. The molecule has 0 aromatic carbocycles.